The molecule has 1 fully saturated rings. The molecule has 0 radical (unpaired) electrons. The zero-order valence-corrected chi connectivity index (χ0v) is 18.0. The van der Waals surface area contributed by atoms with Gasteiger partial charge >= 0.3 is 0 Å². The minimum atomic E-state index is 0.369. The molecular formula is C23H28N4OS. The van der Waals surface area contributed by atoms with E-state index in [-0.39, 0.29) is 0 Å². The van der Waals surface area contributed by atoms with Crippen molar-refractivity contribution in [2.45, 2.75) is 46.4 Å². The fourth-order valence-corrected chi connectivity index (χ4v) is 4.03. The lowest BCUT2D eigenvalue weighted by Crippen LogP contribution is -2.32. The molecule has 0 N–H and O–H groups in total. The number of rotatable bonds is 6. The van der Waals surface area contributed by atoms with Crippen molar-refractivity contribution >= 4 is 12.2 Å². The Morgan fingerprint density at radius 2 is 1.72 bits per heavy atom. The Bertz CT molecular complexity index is 1020. The Labute approximate surface area is 177 Å². The maximum Gasteiger partial charge on any atom is 0.203 e. The molecule has 6 heteroatoms. The first-order valence-corrected chi connectivity index (χ1v) is 10.7. The van der Waals surface area contributed by atoms with Crippen molar-refractivity contribution in [3.8, 4) is 11.4 Å². The van der Waals surface area contributed by atoms with Crippen molar-refractivity contribution in [2.24, 2.45) is 0 Å². The van der Waals surface area contributed by atoms with Crippen LogP contribution in [0.1, 0.15) is 36.2 Å². The standard InChI is InChI=1S/C23H28N4OS/c1-18-11-12-21(15-19(18)2)28-16-22-24-26(17-25-13-7-4-8-14-25)23(29)27(22)20-9-5-3-6-10-20/h3,5-6,9-12,15H,4,7-8,13-14,16-17H2,1-2H3. The SMILES string of the molecule is Cc1ccc(OCc2nn(CN3CCCCC3)c(=S)n2-c2ccccc2)cc1C. The van der Waals surface area contributed by atoms with Crippen LogP contribution in [0.3, 0.4) is 0 Å². The minimum Gasteiger partial charge on any atom is -0.486 e. The van der Waals surface area contributed by atoms with E-state index >= 15 is 0 Å². The third-order valence-corrected chi connectivity index (χ3v) is 5.94. The average molecular weight is 409 g/mol. The molecule has 0 amide bonds. The summed E-state index contributed by atoms with van der Waals surface area (Å²) in [6.45, 7) is 7.52. The Morgan fingerprint density at radius 3 is 2.45 bits per heavy atom. The van der Waals surface area contributed by atoms with E-state index < -0.39 is 0 Å². The molecule has 0 aliphatic carbocycles. The Morgan fingerprint density at radius 1 is 0.966 bits per heavy atom. The quantitative estimate of drug-likeness (QED) is 0.535. The minimum absolute atomic E-state index is 0.369. The van der Waals surface area contributed by atoms with Gasteiger partial charge < -0.3 is 4.74 Å². The van der Waals surface area contributed by atoms with Crippen molar-refractivity contribution in [1.82, 2.24) is 19.2 Å². The van der Waals surface area contributed by atoms with Crippen LogP contribution in [0.5, 0.6) is 5.75 Å². The Kier molecular flexibility index (Phi) is 6.11. The van der Waals surface area contributed by atoms with Crippen molar-refractivity contribution in [2.75, 3.05) is 13.1 Å². The lowest BCUT2D eigenvalue weighted by Gasteiger charge is -2.25. The second-order valence-electron chi connectivity index (χ2n) is 7.72. The summed E-state index contributed by atoms with van der Waals surface area (Å²) in [6.07, 6.45) is 3.81. The van der Waals surface area contributed by atoms with Gasteiger partial charge in [0.2, 0.25) is 4.77 Å². The van der Waals surface area contributed by atoms with Crippen LogP contribution in [0, 0.1) is 18.6 Å². The smallest absolute Gasteiger partial charge is 0.203 e. The van der Waals surface area contributed by atoms with Gasteiger partial charge in [-0.25, -0.2) is 4.68 Å². The molecule has 5 nitrogen and oxygen atoms in total. The summed E-state index contributed by atoms with van der Waals surface area (Å²) in [5.41, 5.74) is 3.49. The molecular weight excluding hydrogens is 380 g/mol. The van der Waals surface area contributed by atoms with Gasteiger partial charge in [-0.3, -0.25) is 9.47 Å². The number of aryl methyl sites for hydroxylation is 2. The normalized spacial score (nSPS) is 14.8. The predicted octanol–water partition coefficient (Wildman–Crippen LogP) is 5.04. The fraction of sp³-hybridized carbons (Fsp3) is 0.391. The maximum absolute atomic E-state index is 6.09. The van der Waals surface area contributed by atoms with Crippen LogP contribution in [0.25, 0.3) is 5.69 Å². The van der Waals surface area contributed by atoms with Crippen LogP contribution < -0.4 is 4.74 Å². The average Bonchev–Trinajstić information content (AvgIpc) is 3.05. The fourth-order valence-electron chi connectivity index (χ4n) is 3.72. The summed E-state index contributed by atoms with van der Waals surface area (Å²) in [7, 11) is 0. The third-order valence-electron chi connectivity index (χ3n) is 5.55. The third kappa shape index (κ3) is 4.60. The van der Waals surface area contributed by atoms with Gasteiger partial charge in [0.15, 0.2) is 5.82 Å². The number of hydrogen-bond acceptors (Lipinski definition) is 4. The summed E-state index contributed by atoms with van der Waals surface area (Å²) < 4.78 is 10.8. The van der Waals surface area contributed by atoms with Crippen LogP contribution in [0.2, 0.25) is 0 Å². The van der Waals surface area contributed by atoms with Gasteiger partial charge in [-0.15, -0.1) is 0 Å². The monoisotopic (exact) mass is 408 g/mol. The van der Waals surface area contributed by atoms with Crippen LogP contribution in [-0.2, 0) is 13.3 Å². The summed E-state index contributed by atoms with van der Waals surface area (Å²) in [5, 5.41) is 4.84. The molecule has 1 aliphatic rings. The number of ether oxygens (including phenoxy) is 1. The first kappa shape index (κ1) is 19.9. The van der Waals surface area contributed by atoms with Gasteiger partial charge in [-0.2, -0.15) is 5.10 Å². The molecule has 0 spiro atoms. The lowest BCUT2D eigenvalue weighted by atomic mass is 10.1. The second-order valence-corrected chi connectivity index (χ2v) is 8.09. The number of nitrogens with zero attached hydrogens (tertiary/aromatic N) is 4. The highest BCUT2D eigenvalue weighted by molar-refractivity contribution is 7.71. The topological polar surface area (TPSA) is 35.2 Å². The predicted molar refractivity (Wildman–Crippen MR) is 118 cm³/mol. The summed E-state index contributed by atoms with van der Waals surface area (Å²) in [4.78, 5) is 2.43. The molecule has 4 rings (SSSR count). The molecule has 1 saturated heterocycles. The molecule has 2 aromatic carbocycles. The number of benzene rings is 2. The molecule has 1 aliphatic heterocycles. The summed E-state index contributed by atoms with van der Waals surface area (Å²) in [5.74, 6) is 1.67. The highest BCUT2D eigenvalue weighted by Gasteiger charge is 2.17. The summed E-state index contributed by atoms with van der Waals surface area (Å²) >= 11 is 5.81. The van der Waals surface area contributed by atoms with Gasteiger partial charge in [0, 0.05) is 5.69 Å². The molecule has 0 unspecified atom stereocenters. The number of piperidine rings is 1. The van der Waals surface area contributed by atoms with E-state index in [2.05, 4.69) is 43.0 Å². The zero-order valence-electron chi connectivity index (χ0n) is 17.2. The molecule has 3 aromatic rings. The number of hydrogen-bond donors (Lipinski definition) is 0. The van der Waals surface area contributed by atoms with Crippen LogP contribution in [0.15, 0.2) is 48.5 Å². The van der Waals surface area contributed by atoms with Crippen LogP contribution in [0.4, 0.5) is 0 Å². The van der Waals surface area contributed by atoms with Crippen molar-refractivity contribution in [1.29, 1.82) is 0 Å². The lowest BCUT2D eigenvalue weighted by molar-refractivity contribution is 0.171. The molecule has 2 heterocycles. The van der Waals surface area contributed by atoms with Crippen LogP contribution in [-0.4, -0.2) is 32.3 Å². The largest absolute Gasteiger partial charge is 0.486 e. The second kappa shape index (κ2) is 8.93. The highest BCUT2D eigenvalue weighted by atomic mass is 32.1. The first-order valence-electron chi connectivity index (χ1n) is 10.3. The Balaban J connectivity index is 1.62. The van der Waals surface area contributed by atoms with E-state index in [1.807, 2.05) is 33.5 Å². The summed E-state index contributed by atoms with van der Waals surface area (Å²) in [6, 6.07) is 16.3. The zero-order chi connectivity index (χ0) is 20.2. The van der Waals surface area contributed by atoms with E-state index in [0.29, 0.717) is 11.4 Å². The molecule has 1 aromatic heterocycles. The molecule has 152 valence electrons. The highest BCUT2D eigenvalue weighted by Crippen LogP contribution is 2.20. The van der Waals surface area contributed by atoms with Crippen molar-refractivity contribution in [3.05, 3.63) is 70.3 Å². The maximum atomic E-state index is 6.09. The van der Waals surface area contributed by atoms with E-state index in [0.717, 1.165) is 37.0 Å². The Hall–Kier alpha value is -2.44. The van der Waals surface area contributed by atoms with Crippen molar-refractivity contribution < 1.29 is 4.74 Å². The van der Waals surface area contributed by atoms with Gasteiger partial charge in [0.1, 0.15) is 12.4 Å². The molecule has 0 saturated carbocycles. The number of likely N-dealkylation sites (tertiary alicyclic amines) is 1. The van der Waals surface area contributed by atoms with Crippen molar-refractivity contribution in [3.63, 3.8) is 0 Å². The number of aromatic nitrogens is 3. The van der Waals surface area contributed by atoms with Gasteiger partial charge in [-0.05, 0) is 87.4 Å². The van der Waals surface area contributed by atoms with E-state index in [9.17, 15) is 0 Å². The van der Waals surface area contributed by atoms with Gasteiger partial charge in [-0.1, -0.05) is 30.7 Å². The molecule has 0 bridgehead atoms. The van der Waals surface area contributed by atoms with Gasteiger partial charge in [0.05, 0.1) is 6.67 Å². The first-order chi connectivity index (χ1) is 14.1. The van der Waals surface area contributed by atoms with E-state index in [1.54, 1.807) is 0 Å². The molecule has 29 heavy (non-hydrogen) atoms. The van der Waals surface area contributed by atoms with E-state index in [1.165, 1.54) is 30.4 Å². The van der Waals surface area contributed by atoms with E-state index in [4.69, 9.17) is 22.1 Å². The molecule has 0 atom stereocenters. The van der Waals surface area contributed by atoms with Gasteiger partial charge in [0.25, 0.3) is 0 Å². The number of para-hydroxylation sites is 1. The van der Waals surface area contributed by atoms with Crippen LogP contribution >= 0.6 is 12.2 Å².